The van der Waals surface area contributed by atoms with Crippen molar-refractivity contribution in [1.82, 2.24) is 20.2 Å². The largest absolute Gasteiger partial charge is 0.375 e. The summed E-state index contributed by atoms with van der Waals surface area (Å²) in [6.45, 7) is 1.05. The number of carbonyl (C=O) groups excluding carboxylic acids is 2. The monoisotopic (exact) mass is 410 g/mol. The highest BCUT2D eigenvalue weighted by molar-refractivity contribution is 5.92. The average Bonchev–Trinajstić information content (AvgIpc) is 3.31. The predicted molar refractivity (Wildman–Crippen MR) is 97.4 cm³/mol. The number of hydrogen-bond acceptors (Lipinski definition) is 5. The maximum atomic E-state index is 13.3. The van der Waals surface area contributed by atoms with Crippen LogP contribution in [0.1, 0.15) is 42.6 Å². The molecule has 1 aromatic rings. The van der Waals surface area contributed by atoms with Crippen LogP contribution in [0.25, 0.3) is 0 Å². The molecule has 2 N–H and O–H groups in total. The van der Waals surface area contributed by atoms with Crippen molar-refractivity contribution in [3.8, 4) is 0 Å². The first-order chi connectivity index (χ1) is 13.8. The van der Waals surface area contributed by atoms with Gasteiger partial charge in [0.2, 0.25) is 11.8 Å². The van der Waals surface area contributed by atoms with Crippen LogP contribution in [0.15, 0.2) is 17.2 Å². The number of aromatic nitrogens is 2. The Morgan fingerprint density at radius 2 is 2.17 bits per heavy atom. The van der Waals surface area contributed by atoms with Gasteiger partial charge in [-0.15, -0.1) is 0 Å². The van der Waals surface area contributed by atoms with Crippen molar-refractivity contribution in [2.45, 2.75) is 50.2 Å². The number of ether oxygens (including phenoxy) is 1. The summed E-state index contributed by atoms with van der Waals surface area (Å²) >= 11 is 0. The molecule has 0 aromatic carbocycles. The summed E-state index contributed by atoms with van der Waals surface area (Å²) in [5.74, 6) is -3.77. The molecule has 1 saturated carbocycles. The summed E-state index contributed by atoms with van der Waals surface area (Å²) in [5.41, 5.74) is -0.251. The maximum absolute atomic E-state index is 13.3. The number of aromatic amines is 1. The van der Waals surface area contributed by atoms with Gasteiger partial charge in [0.15, 0.2) is 0 Å². The summed E-state index contributed by atoms with van der Waals surface area (Å²) in [7, 11) is 0. The molecule has 0 radical (unpaired) electrons. The fourth-order valence-electron chi connectivity index (χ4n) is 4.66. The molecule has 29 heavy (non-hydrogen) atoms. The van der Waals surface area contributed by atoms with Crippen LogP contribution in [0.4, 0.5) is 8.78 Å². The van der Waals surface area contributed by atoms with Gasteiger partial charge >= 0.3 is 0 Å². The molecule has 3 heterocycles. The smallest absolute Gasteiger partial charge is 0.274 e. The molecule has 158 valence electrons. The Kier molecular flexibility index (Phi) is 5.37. The molecule has 0 bridgehead atoms. The van der Waals surface area contributed by atoms with Crippen molar-refractivity contribution in [2.24, 2.45) is 11.8 Å². The first-order valence-electron chi connectivity index (χ1n) is 9.97. The highest BCUT2D eigenvalue weighted by Gasteiger charge is 2.47. The fraction of sp³-hybridized carbons (Fsp3) is 0.684. The van der Waals surface area contributed by atoms with Gasteiger partial charge in [-0.05, 0) is 25.2 Å². The van der Waals surface area contributed by atoms with Crippen LogP contribution >= 0.6 is 0 Å². The number of halogens is 2. The molecule has 2 amide bonds. The third-order valence-electron chi connectivity index (χ3n) is 6.14. The van der Waals surface area contributed by atoms with Crippen LogP contribution in [0.2, 0.25) is 0 Å². The van der Waals surface area contributed by atoms with Gasteiger partial charge in [-0.3, -0.25) is 14.4 Å². The minimum Gasteiger partial charge on any atom is -0.375 e. The topological polar surface area (TPSA) is 104 Å². The highest BCUT2D eigenvalue weighted by Crippen LogP contribution is 2.38. The van der Waals surface area contributed by atoms with Crippen LogP contribution in [0, 0.1) is 11.8 Å². The molecule has 8 nitrogen and oxygen atoms in total. The summed E-state index contributed by atoms with van der Waals surface area (Å²) in [4.78, 5) is 44.7. The third-order valence-corrected chi connectivity index (χ3v) is 6.14. The molecule has 4 atom stereocenters. The van der Waals surface area contributed by atoms with Crippen LogP contribution in [0.3, 0.4) is 0 Å². The number of H-pyrrole nitrogens is 1. The Labute approximate surface area is 166 Å². The van der Waals surface area contributed by atoms with Crippen LogP contribution in [-0.2, 0) is 9.53 Å². The molecular formula is C19H24F2N4O4. The van der Waals surface area contributed by atoms with E-state index in [1.807, 2.05) is 0 Å². The number of likely N-dealkylation sites (tertiary alicyclic amines) is 1. The normalized spacial score (nSPS) is 30.8. The zero-order chi connectivity index (χ0) is 20.6. The lowest BCUT2D eigenvalue weighted by Gasteiger charge is -2.40. The van der Waals surface area contributed by atoms with Crippen molar-refractivity contribution in [1.29, 1.82) is 0 Å². The number of fused-ring (bicyclic) bond motifs is 1. The Balaban J connectivity index is 1.38. The van der Waals surface area contributed by atoms with E-state index in [1.165, 1.54) is 6.20 Å². The van der Waals surface area contributed by atoms with Crippen LogP contribution in [0.5, 0.6) is 0 Å². The van der Waals surface area contributed by atoms with Gasteiger partial charge in [0.1, 0.15) is 5.69 Å². The first-order valence-corrected chi connectivity index (χ1v) is 9.97. The van der Waals surface area contributed by atoms with E-state index in [0.717, 1.165) is 6.20 Å². The molecule has 1 aromatic heterocycles. The van der Waals surface area contributed by atoms with Crippen LogP contribution < -0.4 is 10.9 Å². The molecule has 3 aliphatic rings. The second-order valence-corrected chi connectivity index (χ2v) is 8.09. The number of hydrogen-bond donors (Lipinski definition) is 2. The summed E-state index contributed by atoms with van der Waals surface area (Å²) in [6, 6.07) is -0.253. The number of alkyl halides is 2. The molecule has 1 aliphatic carbocycles. The number of amides is 2. The van der Waals surface area contributed by atoms with Gasteiger partial charge in [0.05, 0.1) is 24.3 Å². The lowest BCUT2D eigenvalue weighted by molar-refractivity contribution is -0.133. The number of piperidine rings is 1. The van der Waals surface area contributed by atoms with Gasteiger partial charge in [-0.1, -0.05) is 0 Å². The summed E-state index contributed by atoms with van der Waals surface area (Å²) in [6.07, 6.45) is 3.04. The SMILES string of the molecule is O=C(NCC1CCC(F)(F)C1)[C@@H]1CCN(C(=O)c2c[nH]c(=O)cn2)[C@@H]2CCO[C@@H]21. The van der Waals surface area contributed by atoms with Crippen molar-refractivity contribution in [2.75, 3.05) is 19.7 Å². The standard InChI is InChI=1S/C19H24F2N4O4/c20-19(21)4-1-11(7-19)8-24-17(27)12-2-5-25(14-3-6-29-16(12)14)18(28)13-9-23-15(26)10-22-13/h9-12,14,16H,1-8H2,(H,23,26)(H,24,27)/t11?,12-,14-,16-/m1/s1. The first kappa shape index (κ1) is 19.9. The van der Waals surface area contributed by atoms with Crippen molar-refractivity contribution >= 4 is 11.8 Å². The summed E-state index contributed by atoms with van der Waals surface area (Å²) < 4.78 is 32.4. The van der Waals surface area contributed by atoms with Crippen molar-refractivity contribution < 1.29 is 23.1 Å². The lowest BCUT2D eigenvalue weighted by atomic mass is 9.86. The zero-order valence-electron chi connectivity index (χ0n) is 15.9. The van der Waals surface area contributed by atoms with E-state index in [1.54, 1.807) is 4.90 Å². The van der Waals surface area contributed by atoms with E-state index < -0.39 is 17.9 Å². The number of rotatable bonds is 4. The molecule has 3 fully saturated rings. The van der Waals surface area contributed by atoms with Gasteiger partial charge in [-0.2, -0.15) is 0 Å². The van der Waals surface area contributed by atoms with Gasteiger partial charge < -0.3 is 19.9 Å². The molecule has 0 spiro atoms. The molecule has 2 saturated heterocycles. The fourth-order valence-corrected chi connectivity index (χ4v) is 4.66. The quantitative estimate of drug-likeness (QED) is 0.769. The number of nitrogens with zero attached hydrogens (tertiary/aromatic N) is 2. The number of nitrogens with one attached hydrogen (secondary N) is 2. The maximum Gasteiger partial charge on any atom is 0.274 e. The minimum absolute atomic E-state index is 0.124. The minimum atomic E-state index is -2.63. The molecule has 4 rings (SSSR count). The second-order valence-electron chi connectivity index (χ2n) is 8.09. The third kappa shape index (κ3) is 4.17. The van der Waals surface area contributed by atoms with E-state index in [0.29, 0.717) is 32.4 Å². The van der Waals surface area contributed by atoms with Gasteiger partial charge in [-0.25, -0.2) is 13.8 Å². The predicted octanol–water partition coefficient (Wildman–Crippen LogP) is 0.941. The number of carbonyl (C=O) groups is 2. The van der Waals surface area contributed by atoms with Crippen LogP contribution in [-0.4, -0.2) is 64.4 Å². The zero-order valence-corrected chi connectivity index (χ0v) is 15.9. The van der Waals surface area contributed by atoms with Crippen molar-refractivity contribution in [3.63, 3.8) is 0 Å². The van der Waals surface area contributed by atoms with E-state index in [4.69, 9.17) is 4.74 Å². The molecular weight excluding hydrogens is 386 g/mol. The van der Waals surface area contributed by atoms with E-state index >= 15 is 0 Å². The van der Waals surface area contributed by atoms with Gasteiger partial charge in [0, 0.05) is 38.7 Å². The molecule has 10 heteroatoms. The Morgan fingerprint density at radius 1 is 1.34 bits per heavy atom. The van der Waals surface area contributed by atoms with Gasteiger partial charge in [0.25, 0.3) is 11.5 Å². The van der Waals surface area contributed by atoms with E-state index in [9.17, 15) is 23.2 Å². The molecule has 2 aliphatic heterocycles. The van der Waals surface area contributed by atoms with E-state index in [2.05, 4.69) is 15.3 Å². The highest BCUT2D eigenvalue weighted by atomic mass is 19.3. The molecule has 1 unspecified atom stereocenters. The average molecular weight is 410 g/mol. The summed E-state index contributed by atoms with van der Waals surface area (Å²) in [5, 5.41) is 2.82. The van der Waals surface area contributed by atoms with E-state index in [-0.39, 0.29) is 54.4 Å². The van der Waals surface area contributed by atoms with Crippen molar-refractivity contribution in [3.05, 3.63) is 28.4 Å². The Hall–Kier alpha value is -2.36. The second kappa shape index (κ2) is 7.81. The Bertz CT molecular complexity index is 825. The lowest BCUT2D eigenvalue weighted by Crippen LogP contribution is -2.56. The Morgan fingerprint density at radius 3 is 2.86 bits per heavy atom.